The maximum absolute atomic E-state index is 12.5. The van der Waals surface area contributed by atoms with E-state index in [-0.39, 0.29) is 5.91 Å². The molecule has 0 atom stereocenters. The van der Waals surface area contributed by atoms with Gasteiger partial charge in [0.15, 0.2) is 0 Å². The molecule has 1 saturated heterocycles. The Labute approximate surface area is 128 Å². The molecule has 0 aliphatic carbocycles. The van der Waals surface area contributed by atoms with Gasteiger partial charge in [0.25, 0.3) is 5.91 Å². The van der Waals surface area contributed by atoms with E-state index in [0.717, 1.165) is 42.3 Å². The fourth-order valence-corrected chi connectivity index (χ4v) is 3.48. The highest BCUT2D eigenvalue weighted by Gasteiger charge is 2.23. The van der Waals surface area contributed by atoms with Crippen LogP contribution in [0.4, 0.5) is 11.4 Å². The van der Waals surface area contributed by atoms with Crippen LogP contribution in [0.15, 0.2) is 35.7 Å². The summed E-state index contributed by atoms with van der Waals surface area (Å²) in [6.07, 6.45) is 0. The molecule has 21 heavy (non-hydrogen) atoms. The average molecular weight is 301 g/mol. The van der Waals surface area contributed by atoms with Gasteiger partial charge in [-0.1, -0.05) is 0 Å². The number of nitrogens with two attached hydrogens (primary N) is 1. The summed E-state index contributed by atoms with van der Waals surface area (Å²) in [7, 11) is 0. The van der Waals surface area contributed by atoms with Gasteiger partial charge >= 0.3 is 0 Å². The van der Waals surface area contributed by atoms with E-state index in [9.17, 15) is 4.79 Å². The minimum atomic E-state index is 0.166. The van der Waals surface area contributed by atoms with Gasteiger partial charge in [-0.2, -0.15) is 0 Å². The van der Waals surface area contributed by atoms with Crippen LogP contribution in [0.1, 0.15) is 15.2 Å². The van der Waals surface area contributed by atoms with Crippen molar-refractivity contribution in [3.8, 4) is 0 Å². The Morgan fingerprint density at radius 1 is 1.10 bits per heavy atom. The highest BCUT2D eigenvalue weighted by Crippen LogP contribution is 2.21. The molecule has 0 saturated carbocycles. The van der Waals surface area contributed by atoms with Gasteiger partial charge in [0.05, 0.1) is 4.88 Å². The third-order valence-electron chi connectivity index (χ3n) is 3.88. The fraction of sp³-hybridized carbons (Fsp3) is 0.312. The van der Waals surface area contributed by atoms with Gasteiger partial charge in [-0.25, -0.2) is 0 Å². The average Bonchev–Trinajstić information content (AvgIpc) is 2.94. The van der Waals surface area contributed by atoms with Crippen LogP contribution in [0.5, 0.6) is 0 Å². The molecule has 0 unspecified atom stereocenters. The van der Waals surface area contributed by atoms with E-state index in [0.29, 0.717) is 0 Å². The number of hydrogen-bond acceptors (Lipinski definition) is 4. The van der Waals surface area contributed by atoms with E-state index >= 15 is 0 Å². The van der Waals surface area contributed by atoms with Crippen LogP contribution in [0.3, 0.4) is 0 Å². The van der Waals surface area contributed by atoms with Crippen molar-refractivity contribution in [2.24, 2.45) is 0 Å². The number of carbonyl (C=O) groups is 1. The van der Waals surface area contributed by atoms with E-state index < -0.39 is 0 Å². The van der Waals surface area contributed by atoms with Crippen LogP contribution < -0.4 is 10.6 Å². The highest BCUT2D eigenvalue weighted by molar-refractivity contribution is 7.12. The van der Waals surface area contributed by atoms with Crippen molar-refractivity contribution in [3.63, 3.8) is 0 Å². The predicted molar refractivity (Wildman–Crippen MR) is 88.0 cm³/mol. The third kappa shape index (κ3) is 2.88. The smallest absolute Gasteiger partial charge is 0.264 e. The normalized spacial score (nSPS) is 15.3. The molecule has 1 aliphatic rings. The molecular weight excluding hydrogens is 282 g/mol. The zero-order valence-electron chi connectivity index (χ0n) is 12.1. The topological polar surface area (TPSA) is 49.6 Å². The molecule has 2 N–H and O–H groups in total. The number of aryl methyl sites for hydroxylation is 1. The lowest BCUT2D eigenvalue weighted by molar-refractivity contribution is 0.0751. The molecule has 1 aromatic heterocycles. The molecule has 2 aromatic rings. The maximum atomic E-state index is 12.5. The molecule has 1 amide bonds. The van der Waals surface area contributed by atoms with Gasteiger partial charge in [0, 0.05) is 37.6 Å². The monoisotopic (exact) mass is 301 g/mol. The molecule has 0 radical (unpaired) electrons. The van der Waals surface area contributed by atoms with Crippen LogP contribution in [0.25, 0.3) is 0 Å². The van der Waals surface area contributed by atoms with Crippen molar-refractivity contribution < 1.29 is 4.79 Å². The number of anilines is 2. The second-order valence-electron chi connectivity index (χ2n) is 5.30. The maximum Gasteiger partial charge on any atom is 0.264 e. The van der Waals surface area contributed by atoms with Gasteiger partial charge in [-0.05, 0) is 48.2 Å². The second-order valence-corrected chi connectivity index (χ2v) is 6.22. The first-order valence-corrected chi connectivity index (χ1v) is 7.97. The van der Waals surface area contributed by atoms with Crippen LogP contribution in [0, 0.1) is 6.92 Å². The van der Waals surface area contributed by atoms with E-state index in [1.807, 2.05) is 47.5 Å². The number of benzene rings is 1. The standard InChI is InChI=1S/C16H19N3OS/c1-12-6-11-21-15(12)16(20)19-9-7-18(8-10-19)14-4-2-13(17)3-5-14/h2-6,11H,7-10,17H2,1H3. The summed E-state index contributed by atoms with van der Waals surface area (Å²) in [4.78, 5) is 17.6. The molecule has 0 bridgehead atoms. The first-order valence-electron chi connectivity index (χ1n) is 7.09. The number of amides is 1. The Hall–Kier alpha value is -2.01. The van der Waals surface area contributed by atoms with Crippen molar-refractivity contribution in [2.75, 3.05) is 36.8 Å². The van der Waals surface area contributed by atoms with Gasteiger partial charge in [0.2, 0.25) is 0 Å². The van der Waals surface area contributed by atoms with Gasteiger partial charge in [0.1, 0.15) is 0 Å². The molecule has 5 heteroatoms. The van der Waals surface area contributed by atoms with Crippen LogP contribution in [-0.2, 0) is 0 Å². The molecule has 1 aromatic carbocycles. The largest absolute Gasteiger partial charge is 0.399 e. The Kier molecular flexibility index (Phi) is 3.84. The zero-order valence-corrected chi connectivity index (χ0v) is 12.9. The third-order valence-corrected chi connectivity index (χ3v) is 4.89. The number of thiophene rings is 1. The van der Waals surface area contributed by atoms with Crippen molar-refractivity contribution in [1.82, 2.24) is 4.90 Å². The Bertz CT molecular complexity index is 627. The number of nitrogens with zero attached hydrogens (tertiary/aromatic N) is 2. The quantitative estimate of drug-likeness (QED) is 0.868. The lowest BCUT2D eigenvalue weighted by Gasteiger charge is -2.36. The van der Waals surface area contributed by atoms with Crippen LogP contribution >= 0.6 is 11.3 Å². The number of piperazine rings is 1. The summed E-state index contributed by atoms with van der Waals surface area (Å²) < 4.78 is 0. The molecule has 1 fully saturated rings. The lowest BCUT2D eigenvalue weighted by Crippen LogP contribution is -2.48. The summed E-state index contributed by atoms with van der Waals surface area (Å²) >= 11 is 1.53. The van der Waals surface area contributed by atoms with Crippen molar-refractivity contribution in [1.29, 1.82) is 0 Å². The fourth-order valence-electron chi connectivity index (χ4n) is 2.59. The van der Waals surface area contributed by atoms with E-state index in [1.54, 1.807) is 0 Å². The highest BCUT2D eigenvalue weighted by atomic mass is 32.1. The molecule has 3 rings (SSSR count). The van der Waals surface area contributed by atoms with Crippen molar-refractivity contribution in [3.05, 3.63) is 46.2 Å². The second kappa shape index (κ2) is 5.77. The number of nitrogen functional groups attached to an aromatic ring is 1. The van der Waals surface area contributed by atoms with Gasteiger partial charge < -0.3 is 15.5 Å². The summed E-state index contributed by atoms with van der Waals surface area (Å²) in [5.41, 5.74) is 8.74. The molecule has 4 nitrogen and oxygen atoms in total. The van der Waals surface area contributed by atoms with Crippen molar-refractivity contribution in [2.45, 2.75) is 6.92 Å². The van der Waals surface area contributed by atoms with Crippen LogP contribution in [0.2, 0.25) is 0 Å². The van der Waals surface area contributed by atoms with E-state index in [4.69, 9.17) is 5.73 Å². The van der Waals surface area contributed by atoms with Gasteiger partial charge in [-0.15, -0.1) is 11.3 Å². The molecule has 2 heterocycles. The number of carbonyl (C=O) groups excluding carboxylic acids is 1. The predicted octanol–water partition coefficient (Wildman–Crippen LogP) is 2.60. The van der Waals surface area contributed by atoms with Crippen molar-refractivity contribution >= 4 is 28.6 Å². The lowest BCUT2D eigenvalue weighted by atomic mass is 10.2. The SMILES string of the molecule is Cc1ccsc1C(=O)N1CCN(c2ccc(N)cc2)CC1. The summed E-state index contributed by atoms with van der Waals surface area (Å²) in [6.45, 7) is 5.25. The Balaban J connectivity index is 1.64. The minimum Gasteiger partial charge on any atom is -0.399 e. The van der Waals surface area contributed by atoms with Gasteiger partial charge in [-0.3, -0.25) is 4.79 Å². The zero-order chi connectivity index (χ0) is 14.8. The van der Waals surface area contributed by atoms with Crippen LogP contribution in [-0.4, -0.2) is 37.0 Å². The van der Waals surface area contributed by atoms with E-state index in [1.165, 1.54) is 17.0 Å². The molecule has 1 aliphatic heterocycles. The first kappa shape index (κ1) is 13.9. The summed E-state index contributed by atoms with van der Waals surface area (Å²) in [6, 6.07) is 9.92. The number of hydrogen-bond donors (Lipinski definition) is 1. The van der Waals surface area contributed by atoms with E-state index in [2.05, 4.69) is 4.90 Å². The molecule has 0 spiro atoms. The Morgan fingerprint density at radius 3 is 2.33 bits per heavy atom. The summed E-state index contributed by atoms with van der Waals surface area (Å²) in [5, 5.41) is 1.98. The summed E-state index contributed by atoms with van der Waals surface area (Å²) in [5.74, 6) is 0.166. The minimum absolute atomic E-state index is 0.166. The Morgan fingerprint density at radius 2 is 1.76 bits per heavy atom. The molecule has 110 valence electrons. The first-order chi connectivity index (χ1) is 10.1. The number of rotatable bonds is 2. The molecular formula is C16H19N3OS.